The summed E-state index contributed by atoms with van der Waals surface area (Å²) < 4.78 is 15.4. The van der Waals surface area contributed by atoms with Crippen LogP contribution >= 0.6 is 0 Å². The van der Waals surface area contributed by atoms with Gasteiger partial charge in [-0.05, 0) is 36.6 Å². The molecule has 1 heterocycles. The lowest BCUT2D eigenvalue weighted by Crippen LogP contribution is -2.38. The molecular weight excluding hydrogens is 298 g/mol. The smallest absolute Gasteiger partial charge is 0.331 e. The van der Waals surface area contributed by atoms with Crippen LogP contribution in [-0.4, -0.2) is 31.3 Å². The SMILES string of the molecule is CC(C)[C@@H](C)NC(=O)COC(=O)/C=C/c1ccc2c(c1)OCO2. The average molecular weight is 319 g/mol. The summed E-state index contributed by atoms with van der Waals surface area (Å²) in [6, 6.07) is 5.37. The van der Waals surface area contributed by atoms with Gasteiger partial charge in [-0.2, -0.15) is 0 Å². The van der Waals surface area contributed by atoms with Crippen LogP contribution in [0.25, 0.3) is 6.08 Å². The summed E-state index contributed by atoms with van der Waals surface area (Å²) in [5, 5.41) is 2.77. The number of rotatable bonds is 6. The summed E-state index contributed by atoms with van der Waals surface area (Å²) in [6.07, 6.45) is 2.87. The fraction of sp³-hybridized carbons (Fsp3) is 0.412. The largest absolute Gasteiger partial charge is 0.454 e. The number of benzene rings is 1. The highest BCUT2D eigenvalue weighted by atomic mass is 16.7. The zero-order chi connectivity index (χ0) is 16.8. The number of hydrogen-bond donors (Lipinski definition) is 1. The third kappa shape index (κ3) is 5.02. The van der Waals surface area contributed by atoms with Gasteiger partial charge in [0.25, 0.3) is 5.91 Å². The summed E-state index contributed by atoms with van der Waals surface area (Å²) in [7, 11) is 0. The summed E-state index contributed by atoms with van der Waals surface area (Å²) in [5.74, 6) is 0.759. The molecule has 2 rings (SSSR count). The molecule has 0 bridgehead atoms. The normalized spacial score (nSPS) is 14.1. The van der Waals surface area contributed by atoms with Gasteiger partial charge in [-0.1, -0.05) is 19.9 Å². The molecule has 0 unspecified atom stereocenters. The monoisotopic (exact) mass is 319 g/mol. The number of nitrogens with one attached hydrogen (secondary N) is 1. The Kier molecular flexibility index (Phi) is 5.62. The molecule has 1 aromatic rings. The summed E-state index contributed by atoms with van der Waals surface area (Å²) in [6.45, 7) is 5.83. The molecule has 0 aromatic heterocycles. The van der Waals surface area contributed by atoms with Crippen LogP contribution in [0.2, 0.25) is 0 Å². The summed E-state index contributed by atoms with van der Waals surface area (Å²) in [4.78, 5) is 23.3. The number of ether oxygens (including phenoxy) is 3. The summed E-state index contributed by atoms with van der Waals surface area (Å²) in [5.41, 5.74) is 0.782. The second kappa shape index (κ2) is 7.67. The van der Waals surface area contributed by atoms with Gasteiger partial charge in [-0.3, -0.25) is 4.79 Å². The van der Waals surface area contributed by atoms with Gasteiger partial charge in [-0.15, -0.1) is 0 Å². The molecule has 0 radical (unpaired) electrons. The van der Waals surface area contributed by atoms with Gasteiger partial charge >= 0.3 is 5.97 Å². The second-order valence-electron chi connectivity index (χ2n) is 5.65. The van der Waals surface area contributed by atoms with E-state index in [0.29, 0.717) is 17.4 Å². The van der Waals surface area contributed by atoms with Crippen LogP contribution in [0, 0.1) is 5.92 Å². The first kappa shape index (κ1) is 16.9. The predicted octanol–water partition coefficient (Wildman–Crippen LogP) is 2.13. The van der Waals surface area contributed by atoms with Gasteiger partial charge in [0.2, 0.25) is 6.79 Å². The topological polar surface area (TPSA) is 73.9 Å². The second-order valence-corrected chi connectivity index (χ2v) is 5.65. The molecule has 6 heteroatoms. The van der Waals surface area contributed by atoms with Gasteiger partial charge in [0.15, 0.2) is 18.1 Å². The van der Waals surface area contributed by atoms with Gasteiger partial charge in [-0.25, -0.2) is 4.79 Å². The summed E-state index contributed by atoms with van der Waals surface area (Å²) >= 11 is 0. The number of hydrogen-bond acceptors (Lipinski definition) is 5. The molecule has 0 saturated carbocycles. The van der Waals surface area contributed by atoms with Crippen molar-refractivity contribution in [2.24, 2.45) is 5.92 Å². The lowest BCUT2D eigenvalue weighted by Gasteiger charge is -2.16. The lowest BCUT2D eigenvalue weighted by atomic mass is 10.1. The molecule has 124 valence electrons. The third-order valence-corrected chi connectivity index (χ3v) is 3.54. The molecule has 1 aliphatic heterocycles. The zero-order valence-electron chi connectivity index (χ0n) is 13.5. The van der Waals surface area contributed by atoms with Crippen LogP contribution in [0.1, 0.15) is 26.3 Å². The van der Waals surface area contributed by atoms with E-state index in [2.05, 4.69) is 5.32 Å². The third-order valence-electron chi connectivity index (χ3n) is 3.54. The molecule has 0 aliphatic carbocycles. The molecular formula is C17H21NO5. The minimum absolute atomic E-state index is 0.0328. The van der Waals surface area contributed by atoms with Crippen molar-refractivity contribution in [3.8, 4) is 11.5 Å². The Morgan fingerprint density at radius 1 is 1.26 bits per heavy atom. The van der Waals surface area contributed by atoms with E-state index in [1.54, 1.807) is 24.3 Å². The lowest BCUT2D eigenvalue weighted by molar-refractivity contribution is -0.144. The highest BCUT2D eigenvalue weighted by Crippen LogP contribution is 2.32. The molecule has 1 atom stereocenters. The maximum Gasteiger partial charge on any atom is 0.331 e. The van der Waals surface area contributed by atoms with E-state index in [0.717, 1.165) is 5.56 Å². The van der Waals surface area contributed by atoms with Crippen LogP contribution in [0.4, 0.5) is 0 Å². The van der Waals surface area contributed by atoms with Crippen LogP contribution in [-0.2, 0) is 14.3 Å². The quantitative estimate of drug-likeness (QED) is 0.642. The standard InChI is InChI=1S/C17H21NO5/c1-11(2)12(3)18-16(19)9-21-17(20)7-5-13-4-6-14-15(8-13)23-10-22-14/h4-8,11-12H,9-10H2,1-3H3,(H,18,19)/b7-5+/t12-/m1/s1. The molecule has 23 heavy (non-hydrogen) atoms. The molecule has 0 fully saturated rings. The average Bonchev–Trinajstić information content (AvgIpc) is 2.98. The first-order valence-corrected chi connectivity index (χ1v) is 7.49. The van der Waals surface area contributed by atoms with E-state index in [4.69, 9.17) is 14.2 Å². The van der Waals surface area contributed by atoms with Crippen molar-refractivity contribution in [1.82, 2.24) is 5.32 Å². The fourth-order valence-corrected chi connectivity index (χ4v) is 1.83. The van der Waals surface area contributed by atoms with Crippen molar-refractivity contribution in [1.29, 1.82) is 0 Å². The Labute approximate surface area is 135 Å². The van der Waals surface area contributed by atoms with E-state index >= 15 is 0 Å². The Bertz CT molecular complexity index is 609. The van der Waals surface area contributed by atoms with Crippen LogP contribution in [0.15, 0.2) is 24.3 Å². The molecule has 0 spiro atoms. The Morgan fingerprint density at radius 3 is 2.74 bits per heavy atom. The molecule has 6 nitrogen and oxygen atoms in total. The highest BCUT2D eigenvalue weighted by Gasteiger charge is 2.13. The molecule has 1 aliphatic rings. The van der Waals surface area contributed by atoms with Crippen molar-refractivity contribution in [2.45, 2.75) is 26.8 Å². The molecule has 1 aromatic carbocycles. The van der Waals surface area contributed by atoms with Crippen molar-refractivity contribution < 1.29 is 23.8 Å². The van der Waals surface area contributed by atoms with Gasteiger partial charge in [0.1, 0.15) is 0 Å². The number of carbonyl (C=O) groups is 2. The van der Waals surface area contributed by atoms with Gasteiger partial charge in [0, 0.05) is 12.1 Å². The van der Waals surface area contributed by atoms with Crippen molar-refractivity contribution >= 4 is 18.0 Å². The first-order valence-electron chi connectivity index (χ1n) is 7.49. The number of amides is 1. The maximum absolute atomic E-state index is 11.6. The first-order chi connectivity index (χ1) is 11.0. The number of carbonyl (C=O) groups excluding carboxylic acids is 2. The minimum atomic E-state index is -0.574. The predicted molar refractivity (Wildman–Crippen MR) is 85.0 cm³/mol. The number of fused-ring (bicyclic) bond motifs is 1. The Hall–Kier alpha value is -2.50. The Morgan fingerprint density at radius 2 is 2.00 bits per heavy atom. The van der Waals surface area contributed by atoms with Crippen molar-refractivity contribution in [3.05, 3.63) is 29.8 Å². The molecule has 1 amide bonds. The van der Waals surface area contributed by atoms with Gasteiger partial charge < -0.3 is 19.5 Å². The number of esters is 1. The van der Waals surface area contributed by atoms with E-state index in [1.807, 2.05) is 20.8 Å². The van der Waals surface area contributed by atoms with Crippen molar-refractivity contribution in [3.63, 3.8) is 0 Å². The highest BCUT2D eigenvalue weighted by molar-refractivity contribution is 5.89. The van der Waals surface area contributed by atoms with Crippen LogP contribution in [0.5, 0.6) is 11.5 Å². The van der Waals surface area contributed by atoms with Crippen LogP contribution < -0.4 is 14.8 Å². The fourth-order valence-electron chi connectivity index (χ4n) is 1.83. The van der Waals surface area contributed by atoms with E-state index in [1.165, 1.54) is 6.08 Å². The molecule has 0 saturated heterocycles. The minimum Gasteiger partial charge on any atom is -0.454 e. The van der Waals surface area contributed by atoms with Gasteiger partial charge in [0.05, 0.1) is 0 Å². The van der Waals surface area contributed by atoms with Crippen molar-refractivity contribution in [2.75, 3.05) is 13.4 Å². The van der Waals surface area contributed by atoms with E-state index in [9.17, 15) is 9.59 Å². The maximum atomic E-state index is 11.6. The zero-order valence-corrected chi connectivity index (χ0v) is 13.5. The van der Waals surface area contributed by atoms with Crippen LogP contribution in [0.3, 0.4) is 0 Å². The molecule has 1 N–H and O–H groups in total. The van der Waals surface area contributed by atoms with E-state index < -0.39 is 5.97 Å². The van der Waals surface area contributed by atoms with E-state index in [-0.39, 0.29) is 25.3 Å². The Balaban J connectivity index is 1.79.